The highest BCUT2D eigenvalue weighted by Gasteiger charge is 1.93. The predicted octanol–water partition coefficient (Wildman–Crippen LogP) is 2.19. The van der Waals surface area contributed by atoms with Crippen molar-refractivity contribution in [2.24, 2.45) is 0 Å². The molecule has 0 atom stereocenters. The molecule has 0 saturated heterocycles. The maximum absolute atomic E-state index is 5.60. The van der Waals surface area contributed by atoms with Gasteiger partial charge in [-0.25, -0.2) is 0 Å². The Bertz CT molecular complexity index is 306. The minimum absolute atomic E-state index is 0.369. The van der Waals surface area contributed by atoms with Crippen LogP contribution in [0.5, 0.6) is 5.75 Å². The van der Waals surface area contributed by atoms with Crippen molar-refractivity contribution in [3.05, 3.63) is 35.5 Å². The van der Waals surface area contributed by atoms with Gasteiger partial charge in [0, 0.05) is 11.8 Å². The summed E-state index contributed by atoms with van der Waals surface area (Å²) in [5.74, 6) is 0.829. The van der Waals surface area contributed by atoms with E-state index in [-0.39, 0.29) is 0 Å². The molecular weight excluding hydrogens is 178 g/mol. The molecule has 1 aromatic rings. The molecule has 0 aliphatic carbocycles. The standard InChI is InChI=1S/C10H13NOSi/c1-8(2)7-13-12-10-5-3-4-9(11)6-10/h3-7H,11H2,1-2H3. The first kappa shape index (κ1) is 9.86. The summed E-state index contributed by atoms with van der Waals surface area (Å²) >= 11 is 0. The third kappa shape index (κ3) is 3.80. The number of hydrogen-bond donors (Lipinski definition) is 1. The van der Waals surface area contributed by atoms with Crippen molar-refractivity contribution >= 4 is 15.5 Å². The second kappa shape index (κ2) is 4.72. The Morgan fingerprint density at radius 3 is 2.85 bits per heavy atom. The number of hydrogen-bond acceptors (Lipinski definition) is 2. The highest BCUT2D eigenvalue weighted by atomic mass is 28.2. The lowest BCUT2D eigenvalue weighted by molar-refractivity contribution is 0.604. The van der Waals surface area contributed by atoms with Gasteiger partial charge in [0.1, 0.15) is 5.75 Å². The van der Waals surface area contributed by atoms with E-state index in [1.165, 1.54) is 5.57 Å². The zero-order valence-electron chi connectivity index (χ0n) is 7.87. The van der Waals surface area contributed by atoms with Crippen molar-refractivity contribution < 1.29 is 4.43 Å². The summed E-state index contributed by atoms with van der Waals surface area (Å²) in [5.41, 5.74) is 9.66. The fraction of sp³-hybridized carbons (Fsp3) is 0.200. The molecule has 2 radical (unpaired) electrons. The monoisotopic (exact) mass is 191 g/mol. The summed E-state index contributed by atoms with van der Waals surface area (Å²) in [6.45, 7) is 4.10. The SMILES string of the molecule is CC(C)=C[Si]Oc1cccc(N)c1. The Labute approximate surface area is 81.4 Å². The van der Waals surface area contributed by atoms with Gasteiger partial charge in [-0.05, 0) is 26.0 Å². The van der Waals surface area contributed by atoms with Crippen LogP contribution in [0.25, 0.3) is 0 Å². The van der Waals surface area contributed by atoms with Crippen LogP contribution in [0.3, 0.4) is 0 Å². The fourth-order valence-corrected chi connectivity index (χ4v) is 1.35. The van der Waals surface area contributed by atoms with E-state index in [0.717, 1.165) is 11.4 Å². The molecule has 68 valence electrons. The van der Waals surface area contributed by atoms with Gasteiger partial charge in [-0.1, -0.05) is 17.3 Å². The predicted molar refractivity (Wildman–Crippen MR) is 56.7 cm³/mol. The molecule has 0 fully saturated rings. The molecule has 0 aliphatic rings. The van der Waals surface area contributed by atoms with E-state index < -0.39 is 0 Å². The van der Waals surface area contributed by atoms with Gasteiger partial charge in [-0.2, -0.15) is 0 Å². The first-order chi connectivity index (χ1) is 6.18. The molecule has 0 spiro atoms. The molecule has 1 aromatic carbocycles. The van der Waals surface area contributed by atoms with E-state index in [4.69, 9.17) is 10.2 Å². The number of nitrogen functional groups attached to an aromatic ring is 1. The van der Waals surface area contributed by atoms with Crippen molar-refractivity contribution in [3.8, 4) is 5.75 Å². The summed E-state index contributed by atoms with van der Waals surface area (Å²) in [7, 11) is 0.369. The zero-order valence-corrected chi connectivity index (χ0v) is 8.87. The third-order valence-electron chi connectivity index (χ3n) is 1.38. The molecule has 0 saturated carbocycles. The largest absolute Gasteiger partial charge is 0.536 e. The molecule has 0 aliphatic heterocycles. The molecular formula is C10H13NOSi. The van der Waals surface area contributed by atoms with Gasteiger partial charge in [-0.15, -0.1) is 0 Å². The average molecular weight is 191 g/mol. The molecule has 0 amide bonds. The summed E-state index contributed by atoms with van der Waals surface area (Å²) in [6, 6.07) is 7.46. The molecule has 13 heavy (non-hydrogen) atoms. The number of rotatable bonds is 3. The Kier molecular flexibility index (Phi) is 3.58. The summed E-state index contributed by atoms with van der Waals surface area (Å²) in [5, 5.41) is 0. The molecule has 2 N–H and O–H groups in total. The van der Waals surface area contributed by atoms with E-state index in [0.29, 0.717) is 9.76 Å². The van der Waals surface area contributed by atoms with Crippen molar-refractivity contribution in [2.75, 3.05) is 5.73 Å². The normalized spacial score (nSPS) is 9.38. The van der Waals surface area contributed by atoms with Crippen LogP contribution in [-0.4, -0.2) is 9.76 Å². The average Bonchev–Trinajstić information content (AvgIpc) is 2.03. The van der Waals surface area contributed by atoms with Crippen LogP contribution in [0, 0.1) is 0 Å². The van der Waals surface area contributed by atoms with Crippen LogP contribution >= 0.6 is 0 Å². The quantitative estimate of drug-likeness (QED) is 0.587. The molecule has 0 unspecified atom stereocenters. The van der Waals surface area contributed by atoms with E-state index >= 15 is 0 Å². The third-order valence-corrected chi connectivity index (χ3v) is 2.43. The van der Waals surface area contributed by atoms with Crippen LogP contribution in [-0.2, 0) is 0 Å². The Morgan fingerprint density at radius 2 is 2.23 bits per heavy atom. The topological polar surface area (TPSA) is 35.2 Å². The smallest absolute Gasteiger partial charge is 0.343 e. The van der Waals surface area contributed by atoms with E-state index in [9.17, 15) is 0 Å². The van der Waals surface area contributed by atoms with Gasteiger partial charge >= 0.3 is 9.76 Å². The first-order valence-corrected chi connectivity index (χ1v) is 5.08. The highest BCUT2D eigenvalue weighted by molar-refractivity contribution is 6.35. The molecule has 1 rings (SSSR count). The van der Waals surface area contributed by atoms with E-state index in [2.05, 4.69) is 19.5 Å². The van der Waals surface area contributed by atoms with Crippen LogP contribution in [0.4, 0.5) is 5.69 Å². The molecule has 2 nitrogen and oxygen atoms in total. The summed E-state index contributed by atoms with van der Waals surface area (Å²) in [4.78, 5) is 0. The minimum atomic E-state index is 0.369. The molecule has 3 heteroatoms. The summed E-state index contributed by atoms with van der Waals surface area (Å²) in [6.07, 6.45) is 0. The first-order valence-electron chi connectivity index (χ1n) is 4.10. The molecule has 0 bridgehead atoms. The van der Waals surface area contributed by atoms with Crippen LogP contribution in [0.15, 0.2) is 35.5 Å². The molecule has 0 heterocycles. The Balaban J connectivity index is 2.50. The fourth-order valence-electron chi connectivity index (χ4n) is 0.793. The maximum Gasteiger partial charge on any atom is 0.343 e. The second-order valence-corrected chi connectivity index (χ2v) is 3.74. The van der Waals surface area contributed by atoms with Gasteiger partial charge < -0.3 is 10.2 Å². The van der Waals surface area contributed by atoms with Gasteiger partial charge in [0.25, 0.3) is 0 Å². The Morgan fingerprint density at radius 1 is 1.46 bits per heavy atom. The maximum atomic E-state index is 5.60. The number of benzene rings is 1. The molecule has 0 aromatic heterocycles. The van der Waals surface area contributed by atoms with Gasteiger partial charge in [0.05, 0.1) is 0 Å². The van der Waals surface area contributed by atoms with Crippen LogP contribution < -0.4 is 10.2 Å². The van der Waals surface area contributed by atoms with Crippen molar-refractivity contribution in [1.82, 2.24) is 0 Å². The second-order valence-electron chi connectivity index (χ2n) is 3.01. The van der Waals surface area contributed by atoms with Gasteiger partial charge in [-0.3, -0.25) is 0 Å². The van der Waals surface area contributed by atoms with Crippen LogP contribution in [0.1, 0.15) is 13.8 Å². The summed E-state index contributed by atoms with van der Waals surface area (Å²) < 4.78 is 5.47. The lowest BCUT2D eigenvalue weighted by atomic mass is 10.3. The van der Waals surface area contributed by atoms with Crippen LogP contribution in [0.2, 0.25) is 0 Å². The Hall–Kier alpha value is -1.22. The van der Waals surface area contributed by atoms with Gasteiger partial charge in [0.15, 0.2) is 0 Å². The lowest BCUT2D eigenvalue weighted by Gasteiger charge is -2.02. The lowest BCUT2D eigenvalue weighted by Crippen LogP contribution is -1.99. The minimum Gasteiger partial charge on any atom is -0.536 e. The van der Waals surface area contributed by atoms with E-state index in [1.54, 1.807) is 0 Å². The zero-order chi connectivity index (χ0) is 9.68. The van der Waals surface area contributed by atoms with Crippen molar-refractivity contribution in [1.29, 1.82) is 0 Å². The number of allylic oxidation sites excluding steroid dienone is 1. The van der Waals surface area contributed by atoms with Crippen molar-refractivity contribution in [2.45, 2.75) is 13.8 Å². The number of nitrogens with two attached hydrogens (primary N) is 1. The highest BCUT2D eigenvalue weighted by Crippen LogP contribution is 2.13. The number of anilines is 1. The van der Waals surface area contributed by atoms with E-state index in [1.807, 2.05) is 24.3 Å². The van der Waals surface area contributed by atoms with Crippen molar-refractivity contribution in [3.63, 3.8) is 0 Å². The van der Waals surface area contributed by atoms with Gasteiger partial charge in [0.2, 0.25) is 0 Å².